The molecule has 0 aromatic carbocycles. The third-order valence-corrected chi connectivity index (χ3v) is 0.529. The molecule has 8 heavy (non-hydrogen) atoms. The van der Waals surface area contributed by atoms with Gasteiger partial charge in [0.25, 0.3) is 0 Å². The monoisotopic (exact) mass is 117 g/mol. The maximum Gasteiger partial charge on any atom is 0.204 e. The van der Waals surface area contributed by atoms with Crippen molar-refractivity contribution in [3.8, 4) is 0 Å². The second-order valence-corrected chi connectivity index (χ2v) is 1.13. The van der Waals surface area contributed by atoms with Gasteiger partial charge in [-0.3, -0.25) is 16.3 Å². The molecule has 0 heterocycles. The molecule has 0 radical (unpaired) electrons. The van der Waals surface area contributed by atoms with E-state index in [1.807, 2.05) is 6.92 Å². The zero-order chi connectivity index (χ0) is 6.41. The summed E-state index contributed by atoms with van der Waals surface area (Å²) in [6, 6.07) is 0. The Morgan fingerprint density at radius 3 is 2.75 bits per heavy atom. The molecule has 0 aromatic heterocycles. The van der Waals surface area contributed by atoms with Crippen LogP contribution in [0.15, 0.2) is 4.99 Å². The van der Waals surface area contributed by atoms with Gasteiger partial charge < -0.3 is 5.73 Å². The van der Waals surface area contributed by atoms with Gasteiger partial charge in [-0.2, -0.15) is 5.53 Å². The van der Waals surface area contributed by atoms with Gasteiger partial charge in [-0.05, 0) is 6.92 Å². The van der Waals surface area contributed by atoms with E-state index in [1.165, 1.54) is 0 Å². The van der Waals surface area contributed by atoms with Crippen LogP contribution in [0.5, 0.6) is 0 Å². The predicted octanol–water partition coefficient (Wildman–Crippen LogP) is -1.71. The number of hydrogen-bond acceptors (Lipinski definition) is 3. The number of hydrazine groups is 2. The number of rotatable bonds is 2. The van der Waals surface area contributed by atoms with Crippen molar-refractivity contribution in [2.75, 3.05) is 6.54 Å². The molecule has 0 fully saturated rings. The Kier molecular flexibility index (Phi) is 3.91. The summed E-state index contributed by atoms with van der Waals surface area (Å²) >= 11 is 0. The first-order chi connectivity index (χ1) is 3.81. The summed E-state index contributed by atoms with van der Waals surface area (Å²) in [4.78, 5) is 3.76. The molecule has 0 bridgehead atoms. The molecule has 0 aromatic rings. The molecule has 48 valence electrons. The highest BCUT2D eigenvalue weighted by Crippen LogP contribution is 1.61. The first kappa shape index (κ1) is 7.19. The first-order valence-electron chi connectivity index (χ1n) is 2.32. The van der Waals surface area contributed by atoms with Crippen LogP contribution in [-0.4, -0.2) is 12.5 Å². The molecule has 0 rings (SSSR count). The Labute approximate surface area is 48.1 Å². The molecule has 0 saturated heterocycles. The summed E-state index contributed by atoms with van der Waals surface area (Å²) in [6.45, 7) is 2.53. The van der Waals surface area contributed by atoms with Crippen LogP contribution < -0.4 is 22.5 Å². The van der Waals surface area contributed by atoms with Gasteiger partial charge in [-0.15, -0.1) is 0 Å². The first-order valence-corrected chi connectivity index (χ1v) is 2.32. The van der Waals surface area contributed by atoms with Crippen molar-refractivity contribution in [1.29, 1.82) is 0 Å². The van der Waals surface area contributed by atoms with Gasteiger partial charge >= 0.3 is 0 Å². The molecule has 5 nitrogen and oxygen atoms in total. The summed E-state index contributed by atoms with van der Waals surface area (Å²) in [7, 11) is 0. The van der Waals surface area contributed by atoms with Gasteiger partial charge in [0.15, 0.2) is 0 Å². The Balaban J connectivity index is 3.29. The van der Waals surface area contributed by atoms with Crippen LogP contribution >= 0.6 is 0 Å². The maximum absolute atomic E-state index is 5.19. The van der Waals surface area contributed by atoms with E-state index in [0.717, 1.165) is 0 Å². The topological polar surface area (TPSA) is 88.5 Å². The van der Waals surface area contributed by atoms with Gasteiger partial charge in [0.1, 0.15) is 0 Å². The summed E-state index contributed by atoms with van der Waals surface area (Å²) in [6.07, 6.45) is 0. The number of aliphatic imine (C=N–C) groups is 1. The third kappa shape index (κ3) is 3.38. The van der Waals surface area contributed by atoms with Gasteiger partial charge in [-0.1, -0.05) is 0 Å². The molecule has 0 unspecified atom stereocenters. The molecule has 0 aliphatic heterocycles. The van der Waals surface area contributed by atoms with Gasteiger partial charge in [-0.25, -0.2) is 0 Å². The van der Waals surface area contributed by atoms with Gasteiger partial charge in [0.2, 0.25) is 5.96 Å². The van der Waals surface area contributed by atoms with Gasteiger partial charge in [0, 0.05) is 6.54 Å². The highest BCUT2D eigenvalue weighted by molar-refractivity contribution is 5.77. The third-order valence-electron chi connectivity index (χ3n) is 0.529. The highest BCUT2D eigenvalue weighted by atomic mass is 15.5. The summed E-state index contributed by atoms with van der Waals surface area (Å²) in [5, 5.41) is 0. The molecule has 0 spiro atoms. The average molecular weight is 117 g/mol. The fraction of sp³-hybridized carbons (Fsp3) is 0.667. The Bertz CT molecular complexity index is 77.7. The SMILES string of the molecule is CCN=C(N)NNN. The molecule has 6 N–H and O–H groups in total. The van der Waals surface area contributed by atoms with Crippen molar-refractivity contribution in [2.24, 2.45) is 16.6 Å². The van der Waals surface area contributed by atoms with E-state index in [0.29, 0.717) is 12.5 Å². The van der Waals surface area contributed by atoms with E-state index >= 15 is 0 Å². The van der Waals surface area contributed by atoms with Crippen LogP contribution in [0.4, 0.5) is 0 Å². The molecule has 0 atom stereocenters. The van der Waals surface area contributed by atoms with Crippen LogP contribution in [0.3, 0.4) is 0 Å². The second-order valence-electron chi connectivity index (χ2n) is 1.13. The Morgan fingerprint density at radius 1 is 1.75 bits per heavy atom. The number of guanidine groups is 1. The molecular weight excluding hydrogens is 106 g/mol. The van der Waals surface area contributed by atoms with E-state index < -0.39 is 0 Å². The van der Waals surface area contributed by atoms with Crippen molar-refractivity contribution in [1.82, 2.24) is 11.0 Å². The zero-order valence-electron chi connectivity index (χ0n) is 4.81. The Hall–Kier alpha value is -0.810. The highest BCUT2D eigenvalue weighted by Gasteiger charge is 1.80. The second kappa shape index (κ2) is 4.35. The molecule has 0 amide bonds. The number of nitrogens with two attached hydrogens (primary N) is 2. The lowest BCUT2D eigenvalue weighted by molar-refractivity contribution is 0.688. The Morgan fingerprint density at radius 2 is 2.38 bits per heavy atom. The van der Waals surface area contributed by atoms with Crippen LogP contribution in [0.25, 0.3) is 0 Å². The molecular formula is C3H11N5. The summed E-state index contributed by atoms with van der Waals surface area (Å²) < 4.78 is 0. The van der Waals surface area contributed by atoms with Crippen molar-refractivity contribution in [3.05, 3.63) is 0 Å². The van der Waals surface area contributed by atoms with Gasteiger partial charge in [0.05, 0.1) is 0 Å². The summed E-state index contributed by atoms with van der Waals surface area (Å²) in [5.41, 5.74) is 9.74. The standard InChI is InChI=1S/C3H11N5/c1-2-6-3(4)7-8-5/h8H,2,5H2,1H3,(H3,4,6,7). The fourth-order valence-electron chi connectivity index (χ4n) is 0.284. The largest absolute Gasteiger partial charge is 0.369 e. The van der Waals surface area contributed by atoms with Crippen LogP contribution in [0, 0.1) is 0 Å². The van der Waals surface area contributed by atoms with E-state index in [9.17, 15) is 0 Å². The van der Waals surface area contributed by atoms with Crippen LogP contribution in [0.1, 0.15) is 6.92 Å². The lowest BCUT2D eigenvalue weighted by Crippen LogP contribution is -2.46. The van der Waals surface area contributed by atoms with Crippen LogP contribution in [-0.2, 0) is 0 Å². The minimum atomic E-state index is 0.301. The van der Waals surface area contributed by atoms with Crippen molar-refractivity contribution in [3.63, 3.8) is 0 Å². The lowest BCUT2D eigenvalue weighted by atomic mass is 10.8. The van der Waals surface area contributed by atoms with Crippen molar-refractivity contribution in [2.45, 2.75) is 6.92 Å². The normalized spacial score (nSPS) is 11.5. The van der Waals surface area contributed by atoms with E-state index in [-0.39, 0.29) is 0 Å². The number of nitrogens with one attached hydrogen (secondary N) is 2. The predicted molar refractivity (Wildman–Crippen MR) is 32.6 cm³/mol. The number of hydrogen-bond donors (Lipinski definition) is 4. The quantitative estimate of drug-likeness (QED) is 0.150. The van der Waals surface area contributed by atoms with E-state index in [4.69, 9.17) is 11.6 Å². The van der Waals surface area contributed by atoms with Crippen molar-refractivity contribution < 1.29 is 0 Å². The molecule has 0 aliphatic carbocycles. The van der Waals surface area contributed by atoms with E-state index in [1.54, 1.807) is 0 Å². The smallest absolute Gasteiger partial charge is 0.204 e. The minimum absolute atomic E-state index is 0.301. The maximum atomic E-state index is 5.19. The van der Waals surface area contributed by atoms with E-state index in [2.05, 4.69) is 16.0 Å². The van der Waals surface area contributed by atoms with Crippen LogP contribution in [0.2, 0.25) is 0 Å². The minimum Gasteiger partial charge on any atom is -0.369 e. The average Bonchev–Trinajstić information content (AvgIpc) is 1.68. The van der Waals surface area contributed by atoms with Crippen molar-refractivity contribution >= 4 is 5.96 Å². The number of nitrogens with zero attached hydrogens (tertiary/aromatic N) is 1. The molecule has 0 aliphatic rings. The molecule has 0 saturated carbocycles. The lowest BCUT2D eigenvalue weighted by Gasteiger charge is -1.99. The molecule has 5 heteroatoms. The summed E-state index contributed by atoms with van der Waals surface area (Å²) in [5.74, 6) is 5.14. The zero-order valence-corrected chi connectivity index (χ0v) is 4.81. The fourth-order valence-corrected chi connectivity index (χ4v) is 0.284.